The molecule has 2 aromatic heterocycles. The van der Waals surface area contributed by atoms with Crippen LogP contribution in [0.25, 0.3) is 0 Å². The van der Waals surface area contributed by atoms with Crippen molar-refractivity contribution < 1.29 is 14.4 Å². The van der Waals surface area contributed by atoms with E-state index in [1.807, 2.05) is 17.5 Å². The summed E-state index contributed by atoms with van der Waals surface area (Å²) in [7, 11) is 2.76. The molecule has 2 aromatic rings. The molecular formula is C16H16N4O5S. The van der Waals surface area contributed by atoms with Crippen molar-refractivity contribution in [3.63, 3.8) is 0 Å². The van der Waals surface area contributed by atoms with Crippen molar-refractivity contribution in [3.05, 3.63) is 55.0 Å². The van der Waals surface area contributed by atoms with Gasteiger partial charge in [0, 0.05) is 43.7 Å². The Hall–Kier alpha value is -3.01. The Morgan fingerprint density at radius 3 is 2.31 bits per heavy atom. The van der Waals surface area contributed by atoms with Gasteiger partial charge in [-0.05, 0) is 11.4 Å². The van der Waals surface area contributed by atoms with Crippen molar-refractivity contribution in [2.75, 3.05) is 6.54 Å². The second-order valence-corrected chi connectivity index (χ2v) is 6.87. The highest BCUT2D eigenvalue weighted by Gasteiger charge is 2.44. The van der Waals surface area contributed by atoms with Gasteiger partial charge in [-0.25, -0.2) is 14.5 Å². The molecule has 4 amide bonds. The summed E-state index contributed by atoms with van der Waals surface area (Å²) in [4.78, 5) is 63.2. The van der Waals surface area contributed by atoms with Crippen molar-refractivity contribution in [1.82, 2.24) is 18.9 Å². The summed E-state index contributed by atoms with van der Waals surface area (Å²) in [6, 6.07) is 4.16. The first kappa shape index (κ1) is 17.8. The van der Waals surface area contributed by atoms with Gasteiger partial charge in [0.1, 0.15) is 0 Å². The van der Waals surface area contributed by atoms with E-state index < -0.39 is 29.1 Å². The zero-order valence-corrected chi connectivity index (χ0v) is 15.0. The molecule has 1 saturated heterocycles. The Balaban J connectivity index is 1.82. The van der Waals surface area contributed by atoms with E-state index in [0.29, 0.717) is 6.42 Å². The summed E-state index contributed by atoms with van der Waals surface area (Å²) < 4.78 is 2.08. The number of nitrogens with zero attached hydrogens (tertiary/aromatic N) is 4. The van der Waals surface area contributed by atoms with E-state index in [0.717, 1.165) is 19.2 Å². The van der Waals surface area contributed by atoms with Crippen LogP contribution in [0.1, 0.15) is 10.6 Å². The predicted molar refractivity (Wildman–Crippen MR) is 92.6 cm³/mol. The standard InChI is InChI=1S/C16H16N4O5S/c1-17-10(8-12(21)18(2)15(17)24)9-20-14(23)13(22)19(16(20)25)6-5-11-4-3-7-26-11/h3-4,7-8H,5-6,9H2,1-2H3. The molecule has 0 radical (unpaired) electrons. The third-order valence-corrected chi connectivity index (χ3v) is 5.18. The summed E-state index contributed by atoms with van der Waals surface area (Å²) in [5, 5.41) is 1.89. The number of carbonyl (C=O) groups is 3. The Labute approximate surface area is 151 Å². The van der Waals surface area contributed by atoms with Gasteiger partial charge in [0.25, 0.3) is 5.56 Å². The van der Waals surface area contributed by atoms with E-state index in [2.05, 4.69) is 0 Å². The van der Waals surface area contributed by atoms with E-state index in [-0.39, 0.29) is 18.8 Å². The van der Waals surface area contributed by atoms with Crippen molar-refractivity contribution in [2.24, 2.45) is 14.1 Å². The van der Waals surface area contributed by atoms with E-state index in [4.69, 9.17) is 0 Å². The van der Waals surface area contributed by atoms with Crippen LogP contribution >= 0.6 is 11.3 Å². The van der Waals surface area contributed by atoms with Crippen LogP contribution in [-0.4, -0.2) is 43.3 Å². The van der Waals surface area contributed by atoms with Crippen LogP contribution in [0.3, 0.4) is 0 Å². The monoisotopic (exact) mass is 376 g/mol. The summed E-state index contributed by atoms with van der Waals surface area (Å²) >= 11 is 1.50. The van der Waals surface area contributed by atoms with Gasteiger partial charge < -0.3 is 0 Å². The lowest BCUT2D eigenvalue weighted by Crippen LogP contribution is -2.41. The minimum Gasteiger partial charge on any atom is -0.299 e. The Bertz CT molecular complexity index is 1000. The van der Waals surface area contributed by atoms with Gasteiger partial charge in [-0.3, -0.25) is 28.4 Å². The van der Waals surface area contributed by atoms with Crippen molar-refractivity contribution in [1.29, 1.82) is 0 Å². The first-order chi connectivity index (χ1) is 12.3. The number of carbonyl (C=O) groups excluding carboxylic acids is 3. The van der Waals surface area contributed by atoms with Gasteiger partial charge in [-0.2, -0.15) is 0 Å². The SMILES string of the molecule is Cn1c(CN2C(=O)C(=O)N(CCc3cccs3)C2=O)cc(=O)n(C)c1=O. The smallest absolute Gasteiger partial charge is 0.299 e. The minimum absolute atomic E-state index is 0.0932. The molecule has 1 aliphatic heterocycles. The lowest BCUT2D eigenvalue weighted by Gasteiger charge is -2.17. The van der Waals surface area contributed by atoms with Crippen LogP contribution in [0.4, 0.5) is 4.79 Å². The summed E-state index contributed by atoms with van der Waals surface area (Å²) in [5.74, 6) is -1.87. The number of urea groups is 1. The molecule has 1 aliphatic rings. The molecule has 26 heavy (non-hydrogen) atoms. The van der Waals surface area contributed by atoms with Crippen molar-refractivity contribution >= 4 is 29.2 Å². The Kier molecular flexibility index (Phi) is 4.60. The van der Waals surface area contributed by atoms with Crippen molar-refractivity contribution in [3.8, 4) is 0 Å². The van der Waals surface area contributed by atoms with Crippen molar-refractivity contribution in [2.45, 2.75) is 13.0 Å². The fourth-order valence-electron chi connectivity index (χ4n) is 2.66. The van der Waals surface area contributed by atoms with Gasteiger partial charge in [-0.1, -0.05) is 6.07 Å². The normalized spacial score (nSPS) is 14.6. The Morgan fingerprint density at radius 2 is 1.65 bits per heavy atom. The molecule has 0 atom stereocenters. The van der Waals surface area contributed by atoms with E-state index in [1.54, 1.807) is 0 Å². The zero-order chi connectivity index (χ0) is 19.0. The molecule has 3 heterocycles. The molecule has 3 rings (SSSR count). The van der Waals surface area contributed by atoms with E-state index in [1.165, 1.54) is 36.1 Å². The molecule has 0 unspecified atom stereocenters. The van der Waals surface area contributed by atoms with Crippen LogP contribution in [-0.2, 0) is 36.6 Å². The largest absolute Gasteiger partial charge is 0.334 e. The molecule has 0 bridgehead atoms. The summed E-state index contributed by atoms with van der Waals surface area (Å²) in [6.07, 6.45) is 0.459. The number of aromatic nitrogens is 2. The maximum atomic E-state index is 12.5. The quantitative estimate of drug-likeness (QED) is 0.526. The van der Waals surface area contributed by atoms with E-state index in [9.17, 15) is 24.0 Å². The third-order valence-electron chi connectivity index (χ3n) is 4.24. The van der Waals surface area contributed by atoms with E-state index >= 15 is 0 Å². The van der Waals surface area contributed by atoms with Gasteiger partial charge in [0.15, 0.2) is 0 Å². The highest BCUT2D eigenvalue weighted by molar-refractivity contribution is 7.09. The Morgan fingerprint density at radius 1 is 0.962 bits per heavy atom. The van der Waals surface area contributed by atoms with Gasteiger partial charge in [0.2, 0.25) is 0 Å². The molecule has 1 fully saturated rings. The molecule has 0 saturated carbocycles. The number of amides is 4. The molecule has 136 valence electrons. The molecule has 0 spiro atoms. The lowest BCUT2D eigenvalue weighted by molar-refractivity contribution is -0.143. The maximum absolute atomic E-state index is 12.5. The van der Waals surface area contributed by atoms with Gasteiger partial charge in [0.05, 0.1) is 6.54 Å². The maximum Gasteiger partial charge on any atom is 0.334 e. The highest BCUT2D eigenvalue weighted by atomic mass is 32.1. The fraction of sp³-hybridized carbons (Fsp3) is 0.312. The first-order valence-electron chi connectivity index (χ1n) is 7.77. The average molecular weight is 376 g/mol. The minimum atomic E-state index is -0.964. The highest BCUT2D eigenvalue weighted by Crippen LogP contribution is 2.17. The van der Waals surface area contributed by atoms with Gasteiger partial charge in [-0.15, -0.1) is 11.3 Å². The predicted octanol–water partition coefficient (Wildman–Crippen LogP) is -0.321. The molecule has 0 N–H and O–H groups in total. The summed E-state index contributed by atoms with van der Waals surface area (Å²) in [6.45, 7) is -0.226. The number of thiophene rings is 1. The lowest BCUT2D eigenvalue weighted by atomic mass is 10.3. The van der Waals surface area contributed by atoms with Gasteiger partial charge >= 0.3 is 23.5 Å². The van der Waals surface area contributed by atoms with Crippen LogP contribution in [0, 0.1) is 0 Å². The van der Waals surface area contributed by atoms with Crippen LogP contribution in [0.5, 0.6) is 0 Å². The second kappa shape index (κ2) is 6.71. The molecule has 0 aliphatic carbocycles. The average Bonchev–Trinajstić information content (AvgIpc) is 3.20. The van der Waals surface area contributed by atoms with Crippen LogP contribution in [0.15, 0.2) is 33.2 Å². The fourth-order valence-corrected chi connectivity index (χ4v) is 3.35. The number of imide groups is 2. The summed E-state index contributed by atoms with van der Waals surface area (Å²) in [5.41, 5.74) is -0.955. The zero-order valence-electron chi connectivity index (χ0n) is 14.2. The molecular weight excluding hydrogens is 360 g/mol. The van der Waals surface area contributed by atoms with Crippen LogP contribution in [0.2, 0.25) is 0 Å². The molecule has 9 nitrogen and oxygen atoms in total. The molecule has 0 aromatic carbocycles. The topological polar surface area (TPSA) is 102 Å². The number of hydrogen-bond donors (Lipinski definition) is 0. The third kappa shape index (κ3) is 2.99. The van der Waals surface area contributed by atoms with Crippen LogP contribution < -0.4 is 11.2 Å². The second-order valence-electron chi connectivity index (χ2n) is 5.83. The number of rotatable bonds is 5. The number of hydrogen-bond acceptors (Lipinski definition) is 6. The molecule has 10 heteroatoms. The first-order valence-corrected chi connectivity index (χ1v) is 8.65.